The van der Waals surface area contributed by atoms with E-state index in [0.717, 1.165) is 10.3 Å². The Balaban J connectivity index is 2.15. The van der Waals surface area contributed by atoms with Gasteiger partial charge >= 0.3 is 6.09 Å². The average molecular weight is 285 g/mol. The van der Waals surface area contributed by atoms with Crippen molar-refractivity contribution in [2.45, 2.75) is 39.3 Å². The smallest absolute Gasteiger partial charge is 0.410 e. The number of amides is 1. The summed E-state index contributed by atoms with van der Waals surface area (Å²) in [6.07, 6.45) is 0.129. The molecule has 0 saturated heterocycles. The number of pyridine rings is 1. The number of nitrogens with zero attached hydrogens (tertiary/aromatic N) is 2. The third-order valence-electron chi connectivity index (χ3n) is 2.86. The van der Waals surface area contributed by atoms with Gasteiger partial charge in [-0.05, 0) is 38.4 Å². The van der Waals surface area contributed by atoms with Crippen molar-refractivity contribution in [2.75, 3.05) is 6.54 Å². The summed E-state index contributed by atoms with van der Waals surface area (Å²) >= 11 is 5.78. The van der Waals surface area contributed by atoms with Crippen molar-refractivity contribution in [3.63, 3.8) is 0 Å². The van der Waals surface area contributed by atoms with Crippen molar-refractivity contribution in [3.8, 4) is 0 Å². The number of rotatable bonds is 0. The first-order chi connectivity index (χ1) is 8.78. The van der Waals surface area contributed by atoms with Crippen molar-refractivity contribution in [2.24, 2.45) is 0 Å². The number of aromatic nitrogens is 1. The topological polar surface area (TPSA) is 56.5 Å². The lowest BCUT2D eigenvalue weighted by molar-refractivity contribution is -0.612. The van der Waals surface area contributed by atoms with Gasteiger partial charge in [-0.1, -0.05) is 0 Å². The van der Waals surface area contributed by atoms with E-state index in [1.165, 1.54) is 0 Å². The van der Waals surface area contributed by atoms with E-state index in [0.29, 0.717) is 25.2 Å². The molecule has 0 saturated carbocycles. The molecule has 1 aliphatic rings. The fraction of sp³-hybridized carbons (Fsp3) is 0.538. The van der Waals surface area contributed by atoms with Crippen LogP contribution in [0.15, 0.2) is 12.1 Å². The lowest BCUT2D eigenvalue weighted by Crippen LogP contribution is -2.45. The van der Waals surface area contributed by atoms with Crippen LogP contribution >= 0.6 is 11.6 Å². The monoisotopic (exact) mass is 284 g/mol. The first-order valence-electron chi connectivity index (χ1n) is 6.15. The maximum absolute atomic E-state index is 12.0. The molecule has 2 rings (SSSR count). The van der Waals surface area contributed by atoms with Gasteiger partial charge in [0.2, 0.25) is 5.69 Å². The van der Waals surface area contributed by atoms with Crippen LogP contribution in [0.4, 0.5) is 4.79 Å². The molecular formula is C13H17ClN2O3. The maximum atomic E-state index is 12.0. The number of carbonyl (C=O) groups excluding carboxylic acids is 1. The van der Waals surface area contributed by atoms with E-state index in [2.05, 4.69) is 0 Å². The number of halogens is 1. The van der Waals surface area contributed by atoms with Crippen LogP contribution in [0.1, 0.15) is 32.0 Å². The van der Waals surface area contributed by atoms with Gasteiger partial charge in [0.15, 0.2) is 0 Å². The second-order valence-corrected chi connectivity index (χ2v) is 5.96. The second-order valence-electron chi connectivity index (χ2n) is 5.57. The molecule has 0 aromatic carbocycles. The molecule has 0 aliphatic carbocycles. The Labute approximate surface area is 117 Å². The highest BCUT2D eigenvalue weighted by Crippen LogP contribution is 2.20. The van der Waals surface area contributed by atoms with Crippen molar-refractivity contribution < 1.29 is 14.3 Å². The molecule has 1 aromatic rings. The Bertz CT molecular complexity index is 511. The van der Waals surface area contributed by atoms with E-state index < -0.39 is 5.60 Å². The van der Waals surface area contributed by atoms with E-state index in [4.69, 9.17) is 16.3 Å². The lowest BCUT2D eigenvalue weighted by atomic mass is 10.1. The Kier molecular flexibility index (Phi) is 3.58. The third-order valence-corrected chi connectivity index (χ3v) is 3.14. The quantitative estimate of drug-likeness (QED) is 0.417. The lowest BCUT2D eigenvalue weighted by Gasteiger charge is -2.30. The average Bonchev–Trinajstić information content (AvgIpc) is 2.31. The van der Waals surface area contributed by atoms with Gasteiger partial charge < -0.3 is 14.8 Å². The van der Waals surface area contributed by atoms with Crippen molar-refractivity contribution in [1.29, 1.82) is 0 Å². The van der Waals surface area contributed by atoms with Crippen molar-refractivity contribution >= 4 is 17.7 Å². The summed E-state index contributed by atoms with van der Waals surface area (Å²) in [6.45, 7) is 6.32. The third kappa shape index (κ3) is 3.10. The molecular weight excluding hydrogens is 268 g/mol. The van der Waals surface area contributed by atoms with E-state index in [-0.39, 0.29) is 11.2 Å². The van der Waals surface area contributed by atoms with Gasteiger partial charge in [-0.15, -0.1) is 0 Å². The Morgan fingerprint density at radius 3 is 2.79 bits per heavy atom. The number of fused-ring (bicyclic) bond motifs is 1. The fourth-order valence-electron chi connectivity index (χ4n) is 2.01. The molecule has 1 amide bonds. The van der Waals surface area contributed by atoms with E-state index >= 15 is 0 Å². The number of ether oxygens (including phenoxy) is 1. The van der Waals surface area contributed by atoms with Crippen LogP contribution in [-0.4, -0.2) is 23.1 Å². The molecule has 0 N–H and O–H groups in total. The van der Waals surface area contributed by atoms with Crippen molar-refractivity contribution in [1.82, 2.24) is 4.90 Å². The summed E-state index contributed by atoms with van der Waals surface area (Å²) in [5.74, 6) is 0. The van der Waals surface area contributed by atoms with Gasteiger partial charge in [0.05, 0.1) is 13.0 Å². The Hall–Kier alpha value is -1.49. The molecule has 0 bridgehead atoms. The second kappa shape index (κ2) is 4.89. The zero-order chi connectivity index (χ0) is 14.2. The predicted molar refractivity (Wildman–Crippen MR) is 70.8 cm³/mol. The molecule has 19 heavy (non-hydrogen) atoms. The summed E-state index contributed by atoms with van der Waals surface area (Å²) in [6, 6.07) is 3.33. The molecule has 0 atom stereocenters. The molecule has 0 spiro atoms. The predicted octanol–water partition coefficient (Wildman–Crippen LogP) is 2.27. The van der Waals surface area contributed by atoms with Gasteiger partial charge in [0, 0.05) is 18.2 Å². The van der Waals surface area contributed by atoms with Crippen LogP contribution in [0.5, 0.6) is 0 Å². The zero-order valence-corrected chi connectivity index (χ0v) is 12.0. The number of carbonyl (C=O) groups is 1. The van der Waals surface area contributed by atoms with Crippen LogP contribution in [-0.2, 0) is 17.7 Å². The Morgan fingerprint density at radius 1 is 1.47 bits per heavy atom. The van der Waals surface area contributed by atoms with Crippen LogP contribution in [0.3, 0.4) is 0 Å². The van der Waals surface area contributed by atoms with Crippen LogP contribution in [0.25, 0.3) is 0 Å². The summed E-state index contributed by atoms with van der Waals surface area (Å²) in [5.41, 5.74) is 0.930. The van der Waals surface area contributed by atoms with Gasteiger partial charge in [-0.2, -0.15) is 4.73 Å². The minimum absolute atomic E-state index is 0.157. The number of hydrogen-bond acceptors (Lipinski definition) is 3. The van der Waals surface area contributed by atoms with E-state index in [1.807, 2.05) is 20.8 Å². The fourth-order valence-corrected chi connectivity index (χ4v) is 2.17. The molecule has 0 fully saturated rings. The minimum Gasteiger partial charge on any atom is -0.617 e. The highest BCUT2D eigenvalue weighted by atomic mass is 35.5. The molecule has 104 valence electrons. The summed E-state index contributed by atoms with van der Waals surface area (Å²) < 4.78 is 6.05. The highest BCUT2D eigenvalue weighted by Gasteiger charge is 2.29. The maximum Gasteiger partial charge on any atom is 0.410 e. The summed E-state index contributed by atoms with van der Waals surface area (Å²) in [4.78, 5) is 13.6. The van der Waals surface area contributed by atoms with Gasteiger partial charge in [-0.25, -0.2) is 4.79 Å². The summed E-state index contributed by atoms with van der Waals surface area (Å²) in [7, 11) is 0. The highest BCUT2D eigenvalue weighted by molar-refractivity contribution is 6.28. The van der Waals surface area contributed by atoms with Crippen LogP contribution in [0, 0.1) is 5.21 Å². The molecule has 2 heterocycles. The number of hydrogen-bond donors (Lipinski definition) is 0. The molecule has 0 unspecified atom stereocenters. The van der Waals surface area contributed by atoms with Gasteiger partial charge in [-0.3, -0.25) is 0 Å². The normalized spacial score (nSPS) is 15.1. The molecule has 1 aliphatic heterocycles. The minimum atomic E-state index is -0.518. The molecule has 6 heteroatoms. The Morgan fingerprint density at radius 2 is 2.16 bits per heavy atom. The first-order valence-corrected chi connectivity index (χ1v) is 6.53. The standard InChI is InChI=1S/C13H17ClN2O3/c1-13(2,3)19-12(17)15-7-6-10-9(8-15)4-5-11(14)16(10)18/h4-5H,6-8H2,1-3H3. The van der Waals surface area contributed by atoms with Gasteiger partial charge in [0.1, 0.15) is 5.60 Å². The van der Waals surface area contributed by atoms with Crippen molar-refractivity contribution in [3.05, 3.63) is 33.8 Å². The first kappa shape index (κ1) is 13.9. The van der Waals surface area contributed by atoms with E-state index in [1.54, 1.807) is 17.0 Å². The van der Waals surface area contributed by atoms with Crippen LogP contribution < -0.4 is 4.73 Å². The largest absolute Gasteiger partial charge is 0.617 e. The van der Waals surface area contributed by atoms with E-state index in [9.17, 15) is 10.0 Å². The van der Waals surface area contributed by atoms with Crippen LogP contribution in [0.2, 0.25) is 5.15 Å². The zero-order valence-electron chi connectivity index (χ0n) is 11.3. The molecule has 5 nitrogen and oxygen atoms in total. The SMILES string of the molecule is CC(C)(C)OC(=O)N1CCc2c(ccc(Cl)[n+]2[O-])C1. The van der Waals surface area contributed by atoms with Gasteiger partial charge in [0.25, 0.3) is 5.15 Å². The summed E-state index contributed by atoms with van der Waals surface area (Å²) in [5, 5.41) is 11.9. The molecule has 0 radical (unpaired) electrons. The molecule has 1 aromatic heterocycles.